The van der Waals surface area contributed by atoms with Gasteiger partial charge in [-0.25, -0.2) is 22.5 Å². The molecule has 0 unspecified atom stereocenters. The second-order valence-corrected chi connectivity index (χ2v) is 10.1. The highest BCUT2D eigenvalue weighted by Crippen LogP contribution is 2.38. The lowest BCUT2D eigenvalue weighted by atomic mass is 9.85. The maximum Gasteiger partial charge on any atom is 0.416 e. The van der Waals surface area contributed by atoms with Crippen LogP contribution < -0.4 is 4.90 Å². The van der Waals surface area contributed by atoms with Crippen molar-refractivity contribution in [3.8, 4) is 0 Å². The van der Waals surface area contributed by atoms with Gasteiger partial charge in [-0.05, 0) is 50.7 Å². The predicted molar refractivity (Wildman–Crippen MR) is 102 cm³/mol. The Morgan fingerprint density at radius 3 is 2.70 bits per heavy atom. The number of aromatic nitrogens is 1. The molecule has 0 N–H and O–H groups in total. The van der Waals surface area contributed by atoms with Gasteiger partial charge in [0.05, 0.1) is 12.8 Å². The van der Waals surface area contributed by atoms with E-state index in [1.54, 1.807) is 4.90 Å². The van der Waals surface area contributed by atoms with Crippen molar-refractivity contribution in [1.29, 1.82) is 0 Å². The number of hydrogen-bond donors (Lipinski definition) is 0. The molecular weight excluding hydrogens is 366 g/mol. The molecule has 0 radical (unpaired) electrons. The van der Waals surface area contributed by atoms with Gasteiger partial charge >= 0.3 is 6.09 Å². The standard InChI is InChI=1S/C19H27N3O4S/c1-27(24,25)21-12-6-7-15(13-21)16-8-5-9-17(20-16)22-14-19(26-18(22)23)10-3-2-4-11-19/h5,8-9,15H,2-4,6-7,10-14H2,1H3/t15-/m0/s1. The molecule has 2 aliphatic heterocycles. The summed E-state index contributed by atoms with van der Waals surface area (Å²) < 4.78 is 31.1. The van der Waals surface area contributed by atoms with E-state index in [1.165, 1.54) is 17.0 Å². The smallest absolute Gasteiger partial charge is 0.416 e. The molecule has 3 aliphatic rings. The van der Waals surface area contributed by atoms with Gasteiger partial charge in [0, 0.05) is 24.7 Å². The molecule has 1 aromatic heterocycles. The number of anilines is 1. The zero-order chi connectivity index (χ0) is 19.1. The molecule has 1 saturated carbocycles. The monoisotopic (exact) mass is 393 g/mol. The molecule has 3 fully saturated rings. The van der Waals surface area contributed by atoms with Crippen molar-refractivity contribution in [3.63, 3.8) is 0 Å². The molecule has 2 saturated heterocycles. The quantitative estimate of drug-likeness (QED) is 0.789. The number of rotatable bonds is 3. The molecule has 0 aromatic carbocycles. The Morgan fingerprint density at radius 2 is 1.96 bits per heavy atom. The van der Waals surface area contributed by atoms with Crippen LogP contribution in [0, 0.1) is 0 Å². The highest BCUT2D eigenvalue weighted by Gasteiger charge is 2.46. The summed E-state index contributed by atoms with van der Waals surface area (Å²) in [7, 11) is -3.20. The number of piperidine rings is 1. The van der Waals surface area contributed by atoms with Gasteiger partial charge in [0.25, 0.3) is 0 Å². The zero-order valence-electron chi connectivity index (χ0n) is 15.8. The molecule has 0 bridgehead atoms. The van der Waals surface area contributed by atoms with Crippen molar-refractivity contribution >= 4 is 21.9 Å². The van der Waals surface area contributed by atoms with Gasteiger partial charge in [0.2, 0.25) is 10.0 Å². The van der Waals surface area contributed by atoms with Crippen molar-refractivity contribution in [2.45, 2.75) is 56.5 Å². The van der Waals surface area contributed by atoms with Crippen LogP contribution in [-0.4, -0.2) is 55.3 Å². The maximum atomic E-state index is 12.5. The minimum Gasteiger partial charge on any atom is -0.441 e. The van der Waals surface area contributed by atoms with E-state index in [0.29, 0.717) is 25.5 Å². The Bertz CT molecular complexity index is 820. The highest BCUT2D eigenvalue weighted by atomic mass is 32.2. The molecule has 3 heterocycles. The van der Waals surface area contributed by atoms with Gasteiger partial charge in [-0.2, -0.15) is 0 Å². The molecular formula is C19H27N3O4S. The first kappa shape index (κ1) is 18.7. The molecule has 1 aliphatic carbocycles. The van der Waals surface area contributed by atoms with Crippen molar-refractivity contribution in [3.05, 3.63) is 23.9 Å². The lowest BCUT2D eigenvalue weighted by Gasteiger charge is -2.31. The van der Waals surface area contributed by atoms with E-state index in [4.69, 9.17) is 9.72 Å². The van der Waals surface area contributed by atoms with Crippen LogP contribution in [0.4, 0.5) is 10.6 Å². The predicted octanol–water partition coefficient (Wildman–Crippen LogP) is 2.88. The Kier molecular flexibility index (Phi) is 4.88. The topological polar surface area (TPSA) is 79.8 Å². The summed E-state index contributed by atoms with van der Waals surface area (Å²) in [4.78, 5) is 18.9. The van der Waals surface area contributed by atoms with Crippen LogP contribution in [0.1, 0.15) is 56.6 Å². The van der Waals surface area contributed by atoms with E-state index in [2.05, 4.69) is 0 Å². The van der Waals surface area contributed by atoms with E-state index < -0.39 is 10.0 Å². The Balaban J connectivity index is 1.53. The number of carbonyl (C=O) groups excluding carboxylic acids is 1. The maximum absolute atomic E-state index is 12.5. The first-order chi connectivity index (χ1) is 12.9. The number of pyridine rings is 1. The van der Waals surface area contributed by atoms with E-state index in [0.717, 1.165) is 44.2 Å². The molecule has 1 spiro atoms. The Labute approximate surface area is 160 Å². The van der Waals surface area contributed by atoms with Crippen LogP contribution in [-0.2, 0) is 14.8 Å². The van der Waals surface area contributed by atoms with Crippen molar-refractivity contribution in [2.24, 2.45) is 0 Å². The Morgan fingerprint density at radius 1 is 1.19 bits per heavy atom. The van der Waals surface area contributed by atoms with Gasteiger partial charge in [-0.15, -0.1) is 0 Å². The van der Waals surface area contributed by atoms with Gasteiger partial charge < -0.3 is 4.74 Å². The molecule has 27 heavy (non-hydrogen) atoms. The molecule has 1 amide bonds. The normalized spacial score (nSPS) is 26.3. The molecule has 7 nitrogen and oxygen atoms in total. The van der Waals surface area contributed by atoms with Gasteiger partial charge in [-0.1, -0.05) is 12.5 Å². The minimum absolute atomic E-state index is 0.0516. The summed E-state index contributed by atoms with van der Waals surface area (Å²) in [5.41, 5.74) is 0.489. The van der Waals surface area contributed by atoms with E-state index in [9.17, 15) is 13.2 Å². The molecule has 4 rings (SSSR count). The number of amides is 1. The third kappa shape index (κ3) is 3.82. The lowest BCUT2D eigenvalue weighted by molar-refractivity contribution is 0.0260. The average Bonchev–Trinajstić information content (AvgIpc) is 2.97. The first-order valence-corrected chi connectivity index (χ1v) is 11.6. The number of ether oxygens (including phenoxy) is 1. The molecule has 8 heteroatoms. The average molecular weight is 394 g/mol. The second kappa shape index (κ2) is 7.05. The van der Waals surface area contributed by atoms with Crippen LogP contribution in [0.3, 0.4) is 0 Å². The number of nitrogens with zero attached hydrogens (tertiary/aromatic N) is 3. The number of sulfonamides is 1. The molecule has 1 atom stereocenters. The highest BCUT2D eigenvalue weighted by molar-refractivity contribution is 7.88. The van der Waals surface area contributed by atoms with E-state index >= 15 is 0 Å². The van der Waals surface area contributed by atoms with Crippen molar-refractivity contribution in [1.82, 2.24) is 9.29 Å². The third-order valence-electron chi connectivity index (χ3n) is 6.04. The van der Waals surface area contributed by atoms with Crippen LogP contribution in [0.15, 0.2) is 18.2 Å². The van der Waals surface area contributed by atoms with Gasteiger partial charge in [0.15, 0.2) is 0 Å². The number of carbonyl (C=O) groups is 1. The summed E-state index contributed by atoms with van der Waals surface area (Å²) in [6.07, 6.45) is 7.88. The van der Waals surface area contributed by atoms with Crippen LogP contribution in [0.5, 0.6) is 0 Å². The van der Waals surface area contributed by atoms with Crippen molar-refractivity contribution < 1.29 is 17.9 Å². The lowest BCUT2D eigenvalue weighted by Crippen LogP contribution is -2.38. The number of hydrogen-bond acceptors (Lipinski definition) is 5. The fraction of sp³-hybridized carbons (Fsp3) is 0.684. The third-order valence-corrected chi connectivity index (χ3v) is 7.31. The van der Waals surface area contributed by atoms with Crippen molar-refractivity contribution in [2.75, 3.05) is 30.8 Å². The summed E-state index contributed by atoms with van der Waals surface area (Å²) in [5, 5.41) is 0. The molecule has 148 valence electrons. The first-order valence-electron chi connectivity index (χ1n) is 9.79. The minimum atomic E-state index is -3.20. The van der Waals surface area contributed by atoms with E-state index in [-0.39, 0.29) is 17.6 Å². The van der Waals surface area contributed by atoms with Gasteiger partial charge in [0.1, 0.15) is 11.4 Å². The summed E-state index contributed by atoms with van der Waals surface area (Å²) in [5.74, 6) is 0.659. The van der Waals surface area contributed by atoms with Crippen LogP contribution >= 0.6 is 0 Å². The fourth-order valence-corrected chi connectivity index (χ4v) is 5.47. The summed E-state index contributed by atoms with van der Waals surface area (Å²) >= 11 is 0. The largest absolute Gasteiger partial charge is 0.441 e. The van der Waals surface area contributed by atoms with Crippen LogP contribution in [0.25, 0.3) is 0 Å². The summed E-state index contributed by atoms with van der Waals surface area (Å²) in [6, 6.07) is 5.66. The zero-order valence-corrected chi connectivity index (χ0v) is 16.6. The van der Waals surface area contributed by atoms with Crippen LogP contribution in [0.2, 0.25) is 0 Å². The summed E-state index contributed by atoms with van der Waals surface area (Å²) in [6.45, 7) is 1.57. The van der Waals surface area contributed by atoms with E-state index in [1.807, 2.05) is 18.2 Å². The molecule has 1 aromatic rings. The fourth-order valence-electron chi connectivity index (χ4n) is 4.56. The van der Waals surface area contributed by atoms with Gasteiger partial charge in [-0.3, -0.25) is 4.90 Å². The Hall–Kier alpha value is -1.67. The second-order valence-electron chi connectivity index (χ2n) is 8.08. The SMILES string of the molecule is CS(=O)(=O)N1CCC[C@H](c2cccc(N3CC4(CCCCC4)OC3=O)n2)C1.